The molecule has 0 saturated carbocycles. The van der Waals surface area contributed by atoms with Crippen LogP contribution < -0.4 is 10.9 Å². The van der Waals surface area contributed by atoms with Crippen molar-refractivity contribution in [2.75, 3.05) is 18.4 Å². The molecule has 0 spiro atoms. The van der Waals surface area contributed by atoms with Crippen molar-refractivity contribution in [2.45, 2.75) is 12.6 Å². The maximum atomic E-state index is 13.2. The molecule has 1 aliphatic heterocycles. The second-order valence-corrected chi connectivity index (χ2v) is 6.97. The van der Waals surface area contributed by atoms with E-state index in [-0.39, 0.29) is 24.0 Å². The van der Waals surface area contributed by atoms with E-state index in [9.17, 15) is 19.2 Å². The summed E-state index contributed by atoms with van der Waals surface area (Å²) < 4.78 is 14.7. The van der Waals surface area contributed by atoms with Crippen molar-refractivity contribution in [3.8, 4) is 18.4 Å². The number of terminal acetylenes is 1. The summed E-state index contributed by atoms with van der Waals surface area (Å²) in [4.78, 5) is 30.3. The number of benzene rings is 1. The van der Waals surface area contributed by atoms with Crippen molar-refractivity contribution < 1.29 is 9.18 Å². The molecule has 1 aliphatic rings. The van der Waals surface area contributed by atoms with Crippen molar-refractivity contribution in [3.63, 3.8) is 0 Å². The van der Waals surface area contributed by atoms with Gasteiger partial charge < -0.3 is 14.8 Å². The molecule has 0 aliphatic carbocycles. The van der Waals surface area contributed by atoms with Crippen molar-refractivity contribution in [1.82, 2.24) is 14.5 Å². The van der Waals surface area contributed by atoms with E-state index < -0.39 is 11.5 Å². The number of amides is 1. The Morgan fingerprint density at radius 1 is 1.30 bits per heavy atom. The highest BCUT2D eigenvalue weighted by molar-refractivity contribution is 5.95. The van der Waals surface area contributed by atoms with Crippen molar-refractivity contribution in [3.05, 3.63) is 70.0 Å². The first-order chi connectivity index (χ1) is 14.5. The molecule has 30 heavy (non-hydrogen) atoms. The molecule has 1 fully saturated rings. The molecule has 1 N–H and O–H groups in total. The van der Waals surface area contributed by atoms with Crippen LogP contribution in [0.4, 0.5) is 10.1 Å². The van der Waals surface area contributed by atoms with E-state index in [4.69, 9.17) is 6.42 Å². The molecular formula is C22H16FN5O2. The number of likely N-dealkylation sites (tertiary alicyclic amines) is 1. The van der Waals surface area contributed by atoms with Gasteiger partial charge in [0.15, 0.2) is 0 Å². The van der Waals surface area contributed by atoms with Gasteiger partial charge in [0, 0.05) is 30.9 Å². The molecule has 3 aromatic rings. The average Bonchev–Trinajstić information content (AvgIpc) is 2.73. The second kappa shape index (κ2) is 7.69. The fraction of sp³-hybridized carbons (Fsp3) is 0.182. The molecule has 4 rings (SSSR count). The summed E-state index contributed by atoms with van der Waals surface area (Å²) in [6.45, 7) is 0.950. The number of nitriles is 1. The van der Waals surface area contributed by atoms with Gasteiger partial charge in [-0.25, -0.2) is 4.39 Å². The number of halogens is 1. The van der Waals surface area contributed by atoms with E-state index in [0.29, 0.717) is 29.7 Å². The SMILES string of the molecule is C#CC(=O)N1CC(Nc2c(C#N)c(=O)n(Cc3ccc(F)cc3)c3ccncc23)C1. The first kappa shape index (κ1) is 19.2. The number of carbonyl (C=O) groups excluding carboxylic acids is 1. The Kier molecular flexibility index (Phi) is 4.91. The minimum absolute atomic E-state index is 0.0423. The minimum atomic E-state index is -0.459. The van der Waals surface area contributed by atoms with Gasteiger partial charge in [0.05, 0.1) is 23.8 Å². The Hall–Kier alpha value is -4.17. The van der Waals surface area contributed by atoms with Crippen LogP contribution in [0.25, 0.3) is 10.9 Å². The largest absolute Gasteiger partial charge is 0.377 e. The van der Waals surface area contributed by atoms with Crippen LogP contribution in [0.3, 0.4) is 0 Å². The zero-order chi connectivity index (χ0) is 21.3. The van der Waals surface area contributed by atoms with Gasteiger partial charge in [-0.05, 0) is 29.7 Å². The first-order valence-corrected chi connectivity index (χ1v) is 9.19. The molecule has 8 heteroatoms. The molecule has 2 aromatic heterocycles. The third-order valence-corrected chi connectivity index (χ3v) is 5.07. The summed E-state index contributed by atoms with van der Waals surface area (Å²) in [6.07, 6.45) is 8.28. The fourth-order valence-electron chi connectivity index (χ4n) is 3.52. The van der Waals surface area contributed by atoms with Gasteiger partial charge in [-0.15, -0.1) is 6.42 Å². The van der Waals surface area contributed by atoms with Crippen molar-refractivity contribution in [1.29, 1.82) is 5.26 Å². The minimum Gasteiger partial charge on any atom is -0.377 e. The van der Waals surface area contributed by atoms with Gasteiger partial charge in [-0.3, -0.25) is 14.6 Å². The lowest BCUT2D eigenvalue weighted by molar-refractivity contribution is -0.128. The highest BCUT2D eigenvalue weighted by Gasteiger charge is 2.31. The molecule has 7 nitrogen and oxygen atoms in total. The lowest BCUT2D eigenvalue weighted by atomic mass is 10.1. The Bertz CT molecular complexity index is 1280. The Morgan fingerprint density at radius 3 is 2.70 bits per heavy atom. The van der Waals surface area contributed by atoms with E-state index in [0.717, 1.165) is 5.56 Å². The average molecular weight is 401 g/mol. The molecule has 3 heterocycles. The number of hydrogen-bond donors (Lipinski definition) is 1. The number of hydrogen-bond acceptors (Lipinski definition) is 5. The first-order valence-electron chi connectivity index (χ1n) is 9.19. The zero-order valence-electron chi connectivity index (χ0n) is 15.8. The summed E-state index contributed by atoms with van der Waals surface area (Å²) in [5.74, 6) is 1.31. The van der Waals surface area contributed by atoms with Crippen LogP contribution in [0.2, 0.25) is 0 Å². The summed E-state index contributed by atoms with van der Waals surface area (Å²) in [5.41, 5.74) is 1.21. The second-order valence-electron chi connectivity index (χ2n) is 6.97. The molecule has 1 amide bonds. The van der Waals surface area contributed by atoms with Gasteiger partial charge in [-0.2, -0.15) is 5.26 Å². The highest BCUT2D eigenvalue weighted by Crippen LogP contribution is 2.27. The number of fused-ring (bicyclic) bond motifs is 1. The zero-order valence-corrected chi connectivity index (χ0v) is 15.8. The number of carbonyl (C=O) groups is 1. The lowest BCUT2D eigenvalue weighted by Crippen LogP contribution is -2.56. The molecule has 0 atom stereocenters. The van der Waals surface area contributed by atoms with E-state index in [1.54, 1.807) is 30.6 Å². The molecule has 1 saturated heterocycles. The van der Waals surface area contributed by atoms with Crippen molar-refractivity contribution >= 4 is 22.5 Å². The summed E-state index contributed by atoms with van der Waals surface area (Å²) in [7, 11) is 0. The van der Waals surface area contributed by atoms with Crippen LogP contribution in [-0.4, -0.2) is 39.5 Å². The van der Waals surface area contributed by atoms with Gasteiger partial charge in [-0.1, -0.05) is 12.1 Å². The standard InChI is InChI=1S/C22H16FN5O2/c1-2-20(29)27-12-16(13-27)26-21-17(9-24)22(30)28(19-7-8-25-10-18(19)21)11-14-3-5-15(23)6-4-14/h1,3-8,10,16,26H,11-13H2. The van der Waals surface area contributed by atoms with Crippen LogP contribution >= 0.6 is 0 Å². The molecule has 0 unspecified atom stereocenters. The van der Waals surface area contributed by atoms with E-state index in [1.165, 1.54) is 21.6 Å². The summed E-state index contributed by atoms with van der Waals surface area (Å²) >= 11 is 0. The van der Waals surface area contributed by atoms with E-state index in [1.807, 2.05) is 6.07 Å². The van der Waals surface area contributed by atoms with Gasteiger partial charge in [0.25, 0.3) is 11.5 Å². The van der Waals surface area contributed by atoms with Crippen LogP contribution in [0.5, 0.6) is 0 Å². The summed E-state index contributed by atoms with van der Waals surface area (Å²) in [6, 6.07) is 9.40. The maximum Gasteiger partial charge on any atom is 0.298 e. The molecule has 0 radical (unpaired) electrons. The molecule has 0 bridgehead atoms. The smallest absolute Gasteiger partial charge is 0.298 e. The monoisotopic (exact) mass is 401 g/mol. The van der Waals surface area contributed by atoms with Crippen LogP contribution in [0.1, 0.15) is 11.1 Å². The summed E-state index contributed by atoms with van der Waals surface area (Å²) in [5, 5.41) is 13.5. The molecule has 1 aromatic carbocycles. The number of nitrogens with zero attached hydrogens (tertiary/aromatic N) is 4. The van der Waals surface area contributed by atoms with Crippen LogP contribution in [0.15, 0.2) is 47.5 Å². The van der Waals surface area contributed by atoms with E-state index >= 15 is 0 Å². The Morgan fingerprint density at radius 2 is 2.03 bits per heavy atom. The number of nitrogens with one attached hydrogen (secondary N) is 1. The number of aromatic nitrogens is 2. The number of anilines is 1. The topological polar surface area (TPSA) is 91.0 Å². The normalized spacial score (nSPS) is 13.4. The van der Waals surface area contributed by atoms with Crippen LogP contribution in [-0.2, 0) is 11.3 Å². The predicted molar refractivity (Wildman–Crippen MR) is 109 cm³/mol. The molecule has 148 valence electrons. The quantitative estimate of drug-likeness (QED) is 0.672. The van der Waals surface area contributed by atoms with Gasteiger partial charge >= 0.3 is 0 Å². The van der Waals surface area contributed by atoms with E-state index in [2.05, 4.69) is 16.2 Å². The maximum absolute atomic E-state index is 13.2. The number of rotatable bonds is 4. The Balaban J connectivity index is 1.75. The predicted octanol–water partition coefficient (Wildman–Crippen LogP) is 1.71. The fourth-order valence-corrected chi connectivity index (χ4v) is 3.52. The van der Waals surface area contributed by atoms with Crippen molar-refractivity contribution in [2.24, 2.45) is 0 Å². The third kappa shape index (κ3) is 3.36. The lowest BCUT2D eigenvalue weighted by Gasteiger charge is -2.39. The van der Waals surface area contributed by atoms with Gasteiger partial charge in [0.1, 0.15) is 17.4 Å². The highest BCUT2D eigenvalue weighted by atomic mass is 19.1. The number of pyridine rings is 2. The Labute approximate surface area is 171 Å². The molecular weight excluding hydrogens is 385 g/mol. The van der Waals surface area contributed by atoms with Crippen LogP contribution in [0, 0.1) is 29.5 Å². The third-order valence-electron chi connectivity index (χ3n) is 5.07. The van der Waals surface area contributed by atoms with Gasteiger partial charge in [0.2, 0.25) is 0 Å².